The van der Waals surface area contributed by atoms with Gasteiger partial charge in [-0.25, -0.2) is 0 Å². The molecule has 6 rings (SSSR count). The lowest BCUT2D eigenvalue weighted by Crippen LogP contribution is -2.68. The molecule has 0 spiro atoms. The second-order valence-electron chi connectivity index (χ2n) is 17.8. The average molecular weight is 687 g/mol. The van der Waals surface area contributed by atoms with Gasteiger partial charge in [0.05, 0.1) is 13.2 Å². The molecule has 5 nitrogen and oxygen atoms in total. The molecule has 0 N–H and O–H groups in total. The van der Waals surface area contributed by atoms with E-state index in [1.807, 2.05) is 0 Å². The molecule has 6 heteroatoms. The van der Waals surface area contributed by atoms with Crippen LogP contribution in [0.5, 0.6) is 0 Å². The second kappa shape index (κ2) is 14.4. The van der Waals surface area contributed by atoms with Crippen molar-refractivity contribution >= 4 is 30.9 Å². The summed E-state index contributed by atoms with van der Waals surface area (Å²) in [6.45, 7) is 14.8. The summed E-state index contributed by atoms with van der Waals surface area (Å²) < 4.78 is 19.3. The minimum atomic E-state index is -2.66. The van der Waals surface area contributed by atoms with E-state index in [9.17, 15) is 9.59 Å². The number of ether oxygens (including phenoxy) is 2. The molecule has 9 unspecified atom stereocenters. The van der Waals surface area contributed by atoms with Crippen molar-refractivity contribution in [2.75, 3.05) is 13.7 Å². The minimum absolute atomic E-state index is 0.0510. The maximum absolute atomic E-state index is 12.0. The molecule has 0 heterocycles. The summed E-state index contributed by atoms with van der Waals surface area (Å²) in [5, 5.41) is 2.65. The van der Waals surface area contributed by atoms with Gasteiger partial charge in [-0.1, -0.05) is 102 Å². The molecule has 4 saturated carbocycles. The van der Waals surface area contributed by atoms with Gasteiger partial charge in [0, 0.05) is 12.5 Å². The number of methoxy groups -OCH3 is 1. The van der Waals surface area contributed by atoms with Gasteiger partial charge in [0.25, 0.3) is 8.32 Å². The van der Waals surface area contributed by atoms with Crippen LogP contribution < -0.4 is 10.4 Å². The van der Waals surface area contributed by atoms with Gasteiger partial charge in [-0.2, -0.15) is 0 Å². The lowest BCUT2D eigenvalue weighted by atomic mass is 9.43. The number of hydrogen-bond donors (Lipinski definition) is 0. The van der Waals surface area contributed by atoms with Crippen LogP contribution in [0, 0.1) is 46.3 Å². The van der Waals surface area contributed by atoms with E-state index < -0.39 is 8.32 Å². The van der Waals surface area contributed by atoms with Gasteiger partial charge in [0.15, 0.2) is 0 Å². The second-order valence-corrected chi connectivity index (χ2v) is 22.0. The summed E-state index contributed by atoms with van der Waals surface area (Å²) in [5.41, 5.74) is 0.485. The van der Waals surface area contributed by atoms with Crippen LogP contribution in [0.15, 0.2) is 60.7 Å². The fourth-order valence-corrected chi connectivity index (χ4v) is 16.9. The normalized spacial score (nSPS) is 35.0. The number of rotatable bonds is 11. The van der Waals surface area contributed by atoms with Crippen LogP contribution in [-0.2, 0) is 23.5 Å². The first-order valence-corrected chi connectivity index (χ1v) is 21.2. The number of benzene rings is 2. The number of aldehydes is 1. The number of carbonyl (C=O) groups excluding carboxylic acids is 2. The fourth-order valence-electron chi connectivity index (χ4n) is 12.2. The van der Waals surface area contributed by atoms with Crippen molar-refractivity contribution in [3.8, 4) is 0 Å². The summed E-state index contributed by atoms with van der Waals surface area (Å²) in [6, 6.07) is 22.1. The molecule has 10 atom stereocenters. The molecule has 4 fully saturated rings. The Balaban J connectivity index is 1.28. The van der Waals surface area contributed by atoms with Gasteiger partial charge in [0.1, 0.15) is 12.9 Å². The average Bonchev–Trinajstić information content (AvgIpc) is 3.46. The van der Waals surface area contributed by atoms with Gasteiger partial charge in [-0.3, -0.25) is 4.79 Å². The molecule has 0 amide bonds. The standard InChI is InChI=1S/C43H62O5Si/c1-30(18-21-39(45)46-7)35-19-20-36-40-37(23-25-43(35,36)6)42(5)24-22-32(28-31(42)29-38(40)47-27-26-44)48-49(41(2,3)4,33-14-10-8-11-15-33)34-16-12-9-13-17-34/h8-17,26,30-32,35-38,40H,18-25,27-29H2,1-7H3/t30-,31?,32?,35?,36?,37?,38?,40?,42?,43?/m1/s1. The first kappa shape index (κ1) is 36.5. The zero-order chi connectivity index (χ0) is 35.0. The Morgan fingerprint density at radius 1 is 0.898 bits per heavy atom. The zero-order valence-corrected chi connectivity index (χ0v) is 32.3. The number of esters is 1. The maximum atomic E-state index is 12.0. The van der Waals surface area contributed by atoms with E-state index in [-0.39, 0.29) is 40.7 Å². The van der Waals surface area contributed by atoms with E-state index in [0.29, 0.717) is 41.9 Å². The molecule has 49 heavy (non-hydrogen) atoms. The predicted molar refractivity (Wildman–Crippen MR) is 199 cm³/mol. The molecule has 0 radical (unpaired) electrons. The van der Waals surface area contributed by atoms with Crippen molar-refractivity contribution in [2.24, 2.45) is 46.3 Å². The lowest BCUT2D eigenvalue weighted by molar-refractivity contribution is -0.187. The molecule has 0 aromatic heterocycles. The van der Waals surface area contributed by atoms with E-state index in [4.69, 9.17) is 13.9 Å². The van der Waals surface area contributed by atoms with Gasteiger partial charge in [0.2, 0.25) is 0 Å². The molecule has 2 aromatic rings. The van der Waals surface area contributed by atoms with Gasteiger partial charge < -0.3 is 18.7 Å². The van der Waals surface area contributed by atoms with E-state index in [1.165, 1.54) is 49.6 Å². The van der Waals surface area contributed by atoms with Crippen LogP contribution in [0.3, 0.4) is 0 Å². The first-order chi connectivity index (χ1) is 23.4. The largest absolute Gasteiger partial charge is 0.469 e. The number of carbonyl (C=O) groups is 2. The predicted octanol–water partition coefficient (Wildman–Crippen LogP) is 8.37. The van der Waals surface area contributed by atoms with Gasteiger partial charge >= 0.3 is 5.97 Å². The van der Waals surface area contributed by atoms with Crippen LogP contribution in [0.4, 0.5) is 0 Å². The molecular weight excluding hydrogens is 625 g/mol. The Morgan fingerprint density at radius 2 is 1.51 bits per heavy atom. The van der Waals surface area contributed by atoms with Crippen LogP contribution in [0.2, 0.25) is 5.04 Å². The highest BCUT2D eigenvalue weighted by Gasteiger charge is 2.64. The first-order valence-electron chi connectivity index (χ1n) is 19.3. The highest BCUT2D eigenvalue weighted by atomic mass is 28.4. The summed E-state index contributed by atoms with van der Waals surface area (Å²) >= 11 is 0. The molecule has 4 aliphatic carbocycles. The fraction of sp³-hybridized carbons (Fsp3) is 0.674. The van der Waals surface area contributed by atoms with Crippen molar-refractivity contribution in [2.45, 2.75) is 123 Å². The van der Waals surface area contributed by atoms with E-state index >= 15 is 0 Å². The molecular formula is C43H62O5Si. The van der Waals surface area contributed by atoms with E-state index in [2.05, 4.69) is 102 Å². The summed E-state index contributed by atoms with van der Waals surface area (Å²) in [7, 11) is -1.17. The molecule has 0 aliphatic heterocycles. The summed E-state index contributed by atoms with van der Waals surface area (Å²) in [4.78, 5) is 23.7. The topological polar surface area (TPSA) is 61.8 Å². The third-order valence-electron chi connectivity index (χ3n) is 14.5. The summed E-state index contributed by atoms with van der Waals surface area (Å²) in [5.74, 6) is 3.17. The van der Waals surface area contributed by atoms with Crippen molar-refractivity contribution in [1.82, 2.24) is 0 Å². The lowest BCUT2D eigenvalue weighted by Gasteiger charge is -2.63. The Bertz CT molecular complexity index is 1380. The van der Waals surface area contributed by atoms with Crippen LogP contribution in [-0.4, -0.2) is 46.5 Å². The smallest absolute Gasteiger partial charge is 0.305 e. The van der Waals surface area contributed by atoms with Crippen molar-refractivity contribution in [1.29, 1.82) is 0 Å². The maximum Gasteiger partial charge on any atom is 0.305 e. The third kappa shape index (κ3) is 6.53. The number of hydrogen-bond acceptors (Lipinski definition) is 5. The van der Waals surface area contributed by atoms with Crippen molar-refractivity contribution in [3.63, 3.8) is 0 Å². The quantitative estimate of drug-likeness (QED) is 0.135. The Kier molecular flexibility index (Phi) is 10.7. The van der Waals surface area contributed by atoms with Crippen molar-refractivity contribution in [3.05, 3.63) is 60.7 Å². The number of fused-ring (bicyclic) bond motifs is 5. The third-order valence-corrected chi connectivity index (χ3v) is 19.6. The molecule has 2 aromatic carbocycles. The van der Waals surface area contributed by atoms with E-state index in [1.54, 1.807) is 0 Å². The molecule has 268 valence electrons. The van der Waals surface area contributed by atoms with Gasteiger partial charge in [-0.15, -0.1) is 0 Å². The highest BCUT2D eigenvalue weighted by molar-refractivity contribution is 6.99. The monoisotopic (exact) mass is 686 g/mol. The molecule has 4 aliphatic rings. The van der Waals surface area contributed by atoms with Crippen LogP contribution in [0.25, 0.3) is 0 Å². The van der Waals surface area contributed by atoms with Crippen molar-refractivity contribution < 1.29 is 23.5 Å². The zero-order valence-electron chi connectivity index (χ0n) is 31.3. The Hall–Kier alpha value is -2.28. The van der Waals surface area contributed by atoms with Crippen LogP contribution in [0.1, 0.15) is 106 Å². The minimum Gasteiger partial charge on any atom is -0.469 e. The summed E-state index contributed by atoms with van der Waals surface area (Å²) in [6.07, 6.45) is 11.9. The molecule has 0 saturated heterocycles. The van der Waals surface area contributed by atoms with Gasteiger partial charge in [-0.05, 0) is 120 Å². The Labute approximate surface area is 297 Å². The Morgan fingerprint density at radius 3 is 2.10 bits per heavy atom. The highest BCUT2D eigenvalue weighted by Crippen LogP contribution is 2.69. The SMILES string of the molecule is COC(=O)CC[C@@H](C)C1CCC2C3C(OCC=O)CC4CC(O[Si](c5ccccc5)(c5ccccc5)C(C)(C)C)CCC4(C)C3CCC21C. The molecule has 0 bridgehead atoms. The van der Waals surface area contributed by atoms with E-state index in [0.717, 1.165) is 32.0 Å². The van der Waals surface area contributed by atoms with Crippen LogP contribution >= 0.6 is 0 Å².